The van der Waals surface area contributed by atoms with Crippen LogP contribution < -0.4 is 9.80 Å². The second-order valence-corrected chi connectivity index (χ2v) is 17.8. The average Bonchev–Trinajstić information content (AvgIpc) is 3.69. The van der Waals surface area contributed by atoms with Crippen molar-refractivity contribution in [3.63, 3.8) is 0 Å². The highest BCUT2D eigenvalue weighted by atomic mass is 15.1. The molecular formula is C60H48N2. The Morgan fingerprint density at radius 2 is 0.661 bits per heavy atom. The molecular weight excluding hydrogens is 749 g/mol. The molecule has 2 heteroatoms. The normalized spacial score (nSPS) is 13.7. The van der Waals surface area contributed by atoms with E-state index in [0.717, 1.165) is 34.1 Å². The SMILES string of the molecule is CC1(C)c2ccccc2-c2ccc(N(c3ccccc3)c3ccc(-c4ccc(N(c5ccccc5)c5ccc6c(c5)C(C)(C)c5ccccc5-6)c(-c5ccccc5)c4)cc3)cc21. The van der Waals surface area contributed by atoms with Crippen molar-refractivity contribution < 1.29 is 0 Å². The number of fused-ring (bicyclic) bond motifs is 6. The van der Waals surface area contributed by atoms with Gasteiger partial charge >= 0.3 is 0 Å². The molecule has 0 amide bonds. The van der Waals surface area contributed by atoms with E-state index < -0.39 is 0 Å². The number of hydrogen-bond acceptors (Lipinski definition) is 2. The second-order valence-electron chi connectivity index (χ2n) is 17.8. The van der Waals surface area contributed by atoms with Gasteiger partial charge in [0, 0.05) is 44.8 Å². The largest absolute Gasteiger partial charge is 0.310 e. The summed E-state index contributed by atoms with van der Waals surface area (Å²) in [5.41, 5.74) is 22.1. The van der Waals surface area contributed by atoms with Crippen molar-refractivity contribution in [3.8, 4) is 44.5 Å². The van der Waals surface area contributed by atoms with Crippen LogP contribution in [0.5, 0.6) is 0 Å². The highest BCUT2D eigenvalue weighted by molar-refractivity contribution is 5.93. The summed E-state index contributed by atoms with van der Waals surface area (Å²) in [6.07, 6.45) is 0. The molecule has 0 aliphatic heterocycles. The van der Waals surface area contributed by atoms with E-state index in [9.17, 15) is 0 Å². The number of hydrogen-bond donors (Lipinski definition) is 0. The molecule has 62 heavy (non-hydrogen) atoms. The zero-order valence-corrected chi connectivity index (χ0v) is 35.7. The van der Waals surface area contributed by atoms with Crippen molar-refractivity contribution in [2.45, 2.75) is 38.5 Å². The summed E-state index contributed by atoms with van der Waals surface area (Å²) in [6, 6.07) is 80.2. The first-order chi connectivity index (χ1) is 30.3. The first-order valence-corrected chi connectivity index (χ1v) is 21.8. The first-order valence-electron chi connectivity index (χ1n) is 21.8. The molecule has 2 aliphatic rings. The highest BCUT2D eigenvalue weighted by Gasteiger charge is 2.37. The minimum atomic E-state index is -0.109. The highest BCUT2D eigenvalue weighted by Crippen LogP contribution is 2.53. The van der Waals surface area contributed by atoms with Crippen LogP contribution >= 0.6 is 0 Å². The van der Waals surface area contributed by atoms with Gasteiger partial charge in [0.2, 0.25) is 0 Å². The minimum Gasteiger partial charge on any atom is -0.310 e. The van der Waals surface area contributed by atoms with E-state index in [1.165, 1.54) is 66.8 Å². The summed E-state index contributed by atoms with van der Waals surface area (Å²) in [7, 11) is 0. The standard InChI is InChI=1S/C60H48N2/c1-59(2)54-26-16-14-24-49(54)51-35-33-47(39-56(51)59)61(44-20-10-6-11-21-44)46-31-28-41(29-32-46)43-30-37-58(53(38-43)42-18-8-5-9-19-42)62(45-22-12-7-13-23-45)48-34-36-52-50-25-15-17-27-55(50)60(3,4)57(52)40-48/h5-40H,1-4H3. The summed E-state index contributed by atoms with van der Waals surface area (Å²) in [5, 5.41) is 0. The Labute approximate surface area is 366 Å². The third kappa shape index (κ3) is 6.09. The van der Waals surface area contributed by atoms with Crippen LogP contribution in [0.4, 0.5) is 34.1 Å². The summed E-state index contributed by atoms with van der Waals surface area (Å²) in [6.45, 7) is 9.41. The molecule has 9 aromatic carbocycles. The molecule has 0 unspecified atom stereocenters. The quantitative estimate of drug-likeness (QED) is 0.151. The lowest BCUT2D eigenvalue weighted by Gasteiger charge is -2.30. The summed E-state index contributed by atoms with van der Waals surface area (Å²) < 4.78 is 0. The van der Waals surface area contributed by atoms with Gasteiger partial charge in [-0.2, -0.15) is 0 Å². The molecule has 0 fully saturated rings. The van der Waals surface area contributed by atoms with Crippen LogP contribution in [0.15, 0.2) is 218 Å². The lowest BCUT2D eigenvalue weighted by Crippen LogP contribution is -2.17. The van der Waals surface area contributed by atoms with E-state index in [2.05, 4.69) is 256 Å². The Bertz CT molecular complexity index is 3110. The molecule has 0 atom stereocenters. The fraction of sp³-hybridized carbons (Fsp3) is 0.100. The molecule has 0 spiro atoms. The van der Waals surface area contributed by atoms with E-state index in [4.69, 9.17) is 0 Å². The summed E-state index contributed by atoms with van der Waals surface area (Å²) >= 11 is 0. The predicted molar refractivity (Wildman–Crippen MR) is 262 cm³/mol. The molecule has 0 radical (unpaired) electrons. The lowest BCUT2D eigenvalue weighted by atomic mass is 9.82. The fourth-order valence-electron chi connectivity index (χ4n) is 10.3. The van der Waals surface area contributed by atoms with Gasteiger partial charge < -0.3 is 9.80 Å². The minimum absolute atomic E-state index is 0.0874. The molecule has 0 N–H and O–H groups in total. The Morgan fingerprint density at radius 3 is 1.21 bits per heavy atom. The molecule has 0 heterocycles. The molecule has 11 rings (SSSR count). The summed E-state index contributed by atoms with van der Waals surface area (Å²) in [5.74, 6) is 0. The molecule has 9 aromatic rings. The smallest absolute Gasteiger partial charge is 0.0540 e. The van der Waals surface area contributed by atoms with E-state index >= 15 is 0 Å². The Morgan fingerprint density at radius 1 is 0.258 bits per heavy atom. The van der Waals surface area contributed by atoms with Crippen molar-refractivity contribution >= 4 is 34.1 Å². The van der Waals surface area contributed by atoms with E-state index in [0.29, 0.717) is 0 Å². The molecule has 0 aromatic heterocycles. The van der Waals surface area contributed by atoms with Crippen LogP contribution in [0.1, 0.15) is 49.9 Å². The fourth-order valence-corrected chi connectivity index (χ4v) is 10.3. The number of nitrogens with zero attached hydrogens (tertiary/aromatic N) is 2. The Balaban J connectivity index is 1.01. The molecule has 0 saturated carbocycles. The molecule has 2 aliphatic carbocycles. The van der Waals surface area contributed by atoms with Crippen LogP contribution in [0.2, 0.25) is 0 Å². The van der Waals surface area contributed by atoms with Gasteiger partial charge in [-0.05, 0) is 134 Å². The van der Waals surface area contributed by atoms with Crippen molar-refractivity contribution in [3.05, 3.63) is 241 Å². The van der Waals surface area contributed by atoms with E-state index in [1.54, 1.807) is 0 Å². The van der Waals surface area contributed by atoms with Crippen molar-refractivity contribution in [2.24, 2.45) is 0 Å². The first kappa shape index (κ1) is 37.6. The number of benzene rings is 9. The number of para-hydroxylation sites is 2. The monoisotopic (exact) mass is 796 g/mol. The van der Waals surface area contributed by atoms with Crippen molar-refractivity contribution in [1.82, 2.24) is 0 Å². The molecule has 0 bridgehead atoms. The second kappa shape index (κ2) is 14.6. The lowest BCUT2D eigenvalue weighted by molar-refractivity contribution is 0.660. The maximum absolute atomic E-state index is 2.43. The maximum atomic E-state index is 2.43. The van der Waals surface area contributed by atoms with Crippen LogP contribution in [-0.4, -0.2) is 0 Å². The molecule has 298 valence electrons. The Kier molecular flexibility index (Phi) is 8.87. The maximum Gasteiger partial charge on any atom is 0.0540 e. The topological polar surface area (TPSA) is 6.48 Å². The zero-order chi connectivity index (χ0) is 42.0. The van der Waals surface area contributed by atoms with E-state index in [-0.39, 0.29) is 10.8 Å². The zero-order valence-electron chi connectivity index (χ0n) is 35.7. The van der Waals surface area contributed by atoms with Crippen molar-refractivity contribution in [1.29, 1.82) is 0 Å². The van der Waals surface area contributed by atoms with Crippen LogP contribution in [0, 0.1) is 0 Å². The molecule has 0 saturated heterocycles. The van der Waals surface area contributed by atoms with Gasteiger partial charge in [-0.25, -0.2) is 0 Å². The van der Waals surface area contributed by atoms with E-state index in [1.807, 2.05) is 0 Å². The summed E-state index contributed by atoms with van der Waals surface area (Å²) in [4.78, 5) is 4.82. The van der Waals surface area contributed by atoms with Crippen LogP contribution in [-0.2, 0) is 10.8 Å². The average molecular weight is 797 g/mol. The van der Waals surface area contributed by atoms with Gasteiger partial charge in [0.1, 0.15) is 0 Å². The van der Waals surface area contributed by atoms with Gasteiger partial charge in [-0.15, -0.1) is 0 Å². The van der Waals surface area contributed by atoms with Gasteiger partial charge in [-0.1, -0.05) is 173 Å². The predicted octanol–water partition coefficient (Wildman–Crippen LogP) is 16.6. The van der Waals surface area contributed by atoms with Gasteiger partial charge in [0.05, 0.1) is 5.69 Å². The third-order valence-electron chi connectivity index (χ3n) is 13.5. The Hall–Kier alpha value is -7.42. The third-order valence-corrected chi connectivity index (χ3v) is 13.5. The van der Waals surface area contributed by atoms with Gasteiger partial charge in [0.25, 0.3) is 0 Å². The molecule has 2 nitrogen and oxygen atoms in total. The van der Waals surface area contributed by atoms with Crippen molar-refractivity contribution in [2.75, 3.05) is 9.80 Å². The van der Waals surface area contributed by atoms with Gasteiger partial charge in [0.15, 0.2) is 0 Å². The number of anilines is 6. The van der Waals surface area contributed by atoms with Crippen LogP contribution in [0.3, 0.4) is 0 Å². The van der Waals surface area contributed by atoms with Gasteiger partial charge in [-0.3, -0.25) is 0 Å². The van der Waals surface area contributed by atoms with Crippen LogP contribution in [0.25, 0.3) is 44.5 Å². The number of rotatable bonds is 8.